The van der Waals surface area contributed by atoms with Crippen molar-refractivity contribution in [2.75, 3.05) is 5.32 Å². The normalized spacial score (nSPS) is 17.3. The van der Waals surface area contributed by atoms with Crippen LogP contribution in [0.2, 0.25) is 0 Å². The van der Waals surface area contributed by atoms with Crippen LogP contribution in [-0.2, 0) is 13.0 Å². The van der Waals surface area contributed by atoms with Crippen LogP contribution in [0.1, 0.15) is 43.4 Å². The molecule has 1 N–H and O–H groups in total. The summed E-state index contributed by atoms with van der Waals surface area (Å²) in [6.45, 7) is 5.13. The van der Waals surface area contributed by atoms with Crippen LogP contribution >= 0.6 is 0 Å². The summed E-state index contributed by atoms with van der Waals surface area (Å²) in [7, 11) is 0. The molecule has 3 rings (SSSR count). The number of nitrogens with zero attached hydrogens (tertiary/aromatic N) is 5. The van der Waals surface area contributed by atoms with Crippen molar-refractivity contribution in [3.05, 3.63) is 35.5 Å². The summed E-state index contributed by atoms with van der Waals surface area (Å²) >= 11 is 0. The van der Waals surface area contributed by atoms with Crippen molar-refractivity contribution in [3.8, 4) is 6.07 Å². The van der Waals surface area contributed by atoms with Gasteiger partial charge in [0.1, 0.15) is 23.5 Å². The minimum Gasteiger partial charge on any atom is -0.366 e. The van der Waals surface area contributed by atoms with Crippen molar-refractivity contribution >= 4 is 5.82 Å². The Morgan fingerprint density at radius 1 is 1.38 bits per heavy atom. The van der Waals surface area contributed by atoms with Crippen molar-refractivity contribution in [1.82, 2.24) is 19.7 Å². The van der Waals surface area contributed by atoms with Gasteiger partial charge in [-0.25, -0.2) is 4.98 Å². The van der Waals surface area contributed by atoms with E-state index >= 15 is 0 Å². The highest BCUT2D eigenvalue weighted by Crippen LogP contribution is 2.21. The highest BCUT2D eigenvalue weighted by molar-refractivity contribution is 5.39. The Bertz CT molecular complexity index is 664. The number of rotatable bonds is 3. The van der Waals surface area contributed by atoms with E-state index in [2.05, 4.69) is 45.0 Å². The lowest BCUT2D eigenvalue weighted by Crippen LogP contribution is -2.32. The van der Waals surface area contributed by atoms with Gasteiger partial charge in [-0.1, -0.05) is 13.8 Å². The molecule has 1 atom stereocenters. The van der Waals surface area contributed by atoms with Gasteiger partial charge < -0.3 is 9.88 Å². The number of aromatic nitrogens is 4. The second kappa shape index (κ2) is 5.52. The van der Waals surface area contributed by atoms with Crippen molar-refractivity contribution in [1.29, 1.82) is 5.26 Å². The van der Waals surface area contributed by atoms with Gasteiger partial charge in [0.25, 0.3) is 0 Å². The summed E-state index contributed by atoms with van der Waals surface area (Å²) < 4.78 is 2.22. The lowest BCUT2D eigenvalue weighted by Gasteiger charge is -2.26. The molecule has 1 unspecified atom stereocenters. The summed E-state index contributed by atoms with van der Waals surface area (Å²) in [5, 5.41) is 20.8. The standard InChI is InChI=1S/C15H18N6/c1-10(2)15-20-19-14-6-4-12(9-21(14)15)18-13-5-3-11(7-16)8-17-13/h3,5,8,10,12H,4,6,9H2,1-2H3,(H,17,18). The van der Waals surface area contributed by atoms with Gasteiger partial charge in [0, 0.05) is 31.1 Å². The molecule has 6 nitrogen and oxygen atoms in total. The molecule has 2 aromatic heterocycles. The molecule has 0 radical (unpaired) electrons. The predicted molar refractivity (Wildman–Crippen MR) is 78.8 cm³/mol. The van der Waals surface area contributed by atoms with E-state index in [0.717, 1.165) is 36.9 Å². The van der Waals surface area contributed by atoms with Gasteiger partial charge >= 0.3 is 0 Å². The first-order valence-electron chi connectivity index (χ1n) is 7.22. The Hall–Kier alpha value is -2.42. The monoisotopic (exact) mass is 282 g/mol. The van der Waals surface area contributed by atoms with Crippen molar-refractivity contribution in [3.63, 3.8) is 0 Å². The van der Waals surface area contributed by atoms with Crippen LogP contribution in [0.4, 0.5) is 5.82 Å². The molecule has 1 aliphatic rings. The van der Waals surface area contributed by atoms with Gasteiger partial charge in [-0.3, -0.25) is 0 Å². The average Bonchev–Trinajstić information content (AvgIpc) is 2.91. The van der Waals surface area contributed by atoms with Crippen molar-refractivity contribution in [2.45, 2.75) is 45.2 Å². The van der Waals surface area contributed by atoms with E-state index < -0.39 is 0 Å². The van der Waals surface area contributed by atoms with E-state index in [-0.39, 0.29) is 0 Å². The van der Waals surface area contributed by atoms with E-state index in [1.165, 1.54) is 0 Å². The van der Waals surface area contributed by atoms with Crippen LogP contribution in [0.25, 0.3) is 0 Å². The highest BCUT2D eigenvalue weighted by atomic mass is 15.3. The molecule has 108 valence electrons. The molecule has 0 amide bonds. The molecule has 21 heavy (non-hydrogen) atoms. The molecule has 0 bridgehead atoms. The van der Waals surface area contributed by atoms with Crippen molar-refractivity contribution in [2.24, 2.45) is 0 Å². The minimum absolute atomic E-state index is 0.312. The topological polar surface area (TPSA) is 79.4 Å². The molecule has 0 saturated heterocycles. The largest absolute Gasteiger partial charge is 0.366 e. The molecule has 2 aromatic rings. The Kier molecular flexibility index (Phi) is 3.57. The Morgan fingerprint density at radius 2 is 2.24 bits per heavy atom. The van der Waals surface area contributed by atoms with Gasteiger partial charge in [-0.05, 0) is 18.6 Å². The third-order valence-corrected chi connectivity index (χ3v) is 3.74. The summed E-state index contributed by atoms with van der Waals surface area (Å²) in [5.41, 5.74) is 0.576. The number of nitrogens with one attached hydrogen (secondary N) is 1. The Morgan fingerprint density at radius 3 is 2.90 bits per heavy atom. The number of aryl methyl sites for hydroxylation is 1. The van der Waals surface area contributed by atoms with Gasteiger partial charge in [0.05, 0.1) is 5.56 Å². The van der Waals surface area contributed by atoms with E-state index in [9.17, 15) is 0 Å². The third-order valence-electron chi connectivity index (χ3n) is 3.74. The SMILES string of the molecule is CC(C)c1nnc2n1CC(Nc1ccc(C#N)cn1)CC2. The summed E-state index contributed by atoms with van der Waals surface area (Å²) in [5.74, 6) is 3.30. The van der Waals surface area contributed by atoms with Crippen LogP contribution in [0.5, 0.6) is 0 Å². The fourth-order valence-electron chi connectivity index (χ4n) is 2.65. The molecule has 1 aliphatic heterocycles. The number of hydrogen-bond donors (Lipinski definition) is 1. The first kappa shape index (κ1) is 13.6. The van der Waals surface area contributed by atoms with E-state index in [4.69, 9.17) is 5.26 Å². The first-order chi connectivity index (χ1) is 10.2. The Balaban J connectivity index is 1.73. The van der Waals surface area contributed by atoms with Gasteiger partial charge in [0.2, 0.25) is 0 Å². The molecule has 0 aromatic carbocycles. The molecular formula is C15H18N6. The maximum Gasteiger partial charge on any atom is 0.135 e. The second-order valence-corrected chi connectivity index (χ2v) is 5.66. The van der Waals surface area contributed by atoms with Gasteiger partial charge in [-0.2, -0.15) is 5.26 Å². The fraction of sp³-hybridized carbons (Fsp3) is 0.467. The zero-order valence-electron chi connectivity index (χ0n) is 12.2. The van der Waals surface area contributed by atoms with Crippen LogP contribution in [0.3, 0.4) is 0 Å². The number of pyridine rings is 1. The van der Waals surface area contributed by atoms with E-state index in [1.807, 2.05) is 6.07 Å². The molecule has 6 heteroatoms. The molecule has 0 spiro atoms. The maximum atomic E-state index is 8.79. The second-order valence-electron chi connectivity index (χ2n) is 5.66. The predicted octanol–water partition coefficient (Wildman–Crippen LogP) is 2.10. The van der Waals surface area contributed by atoms with Crippen LogP contribution in [0, 0.1) is 11.3 Å². The van der Waals surface area contributed by atoms with Crippen LogP contribution in [0.15, 0.2) is 18.3 Å². The number of nitriles is 1. The molecule has 0 aliphatic carbocycles. The zero-order valence-corrected chi connectivity index (χ0v) is 12.2. The van der Waals surface area contributed by atoms with Crippen LogP contribution < -0.4 is 5.32 Å². The minimum atomic E-state index is 0.312. The lowest BCUT2D eigenvalue weighted by molar-refractivity contribution is 0.458. The Labute approximate surface area is 123 Å². The first-order valence-corrected chi connectivity index (χ1v) is 7.22. The molecular weight excluding hydrogens is 264 g/mol. The highest BCUT2D eigenvalue weighted by Gasteiger charge is 2.23. The quantitative estimate of drug-likeness (QED) is 0.932. The van der Waals surface area contributed by atoms with Gasteiger partial charge in [-0.15, -0.1) is 10.2 Å². The van der Waals surface area contributed by atoms with E-state index in [0.29, 0.717) is 17.5 Å². The zero-order chi connectivity index (χ0) is 14.8. The summed E-state index contributed by atoms with van der Waals surface area (Å²) in [6.07, 6.45) is 3.53. The third kappa shape index (κ3) is 2.72. The number of anilines is 1. The molecule has 0 fully saturated rings. The summed E-state index contributed by atoms with van der Waals surface area (Å²) in [6, 6.07) is 6.02. The van der Waals surface area contributed by atoms with Crippen LogP contribution in [-0.4, -0.2) is 25.8 Å². The summed E-state index contributed by atoms with van der Waals surface area (Å²) in [4.78, 5) is 4.27. The molecule has 3 heterocycles. The van der Waals surface area contributed by atoms with E-state index in [1.54, 1.807) is 12.3 Å². The average molecular weight is 282 g/mol. The van der Waals surface area contributed by atoms with Gasteiger partial charge in [0.15, 0.2) is 0 Å². The number of fused-ring (bicyclic) bond motifs is 1. The number of hydrogen-bond acceptors (Lipinski definition) is 5. The molecule has 0 saturated carbocycles. The fourth-order valence-corrected chi connectivity index (χ4v) is 2.65. The smallest absolute Gasteiger partial charge is 0.135 e. The maximum absolute atomic E-state index is 8.79. The van der Waals surface area contributed by atoms with Crippen molar-refractivity contribution < 1.29 is 0 Å². The lowest BCUT2D eigenvalue weighted by atomic mass is 10.1.